The highest BCUT2D eigenvalue weighted by molar-refractivity contribution is 7.12. The number of hydrogen-bond donors (Lipinski definition) is 1. The van der Waals surface area contributed by atoms with Crippen LogP contribution < -0.4 is 5.32 Å². The number of aryl methyl sites for hydroxylation is 2. The summed E-state index contributed by atoms with van der Waals surface area (Å²) in [6.07, 6.45) is 7.22. The SMILES string of the molecule is Cc1cc(CNc2ccc(-n3ccnc3)nc2)c(C)s1. The van der Waals surface area contributed by atoms with E-state index in [4.69, 9.17) is 0 Å². The summed E-state index contributed by atoms with van der Waals surface area (Å²) in [5, 5.41) is 3.41. The molecule has 3 heterocycles. The minimum atomic E-state index is 0.836. The minimum Gasteiger partial charge on any atom is -0.380 e. The van der Waals surface area contributed by atoms with Gasteiger partial charge in [-0.2, -0.15) is 0 Å². The maximum Gasteiger partial charge on any atom is 0.137 e. The van der Waals surface area contributed by atoms with Gasteiger partial charge in [-0.05, 0) is 37.6 Å². The van der Waals surface area contributed by atoms with Crippen LogP contribution in [0.4, 0.5) is 5.69 Å². The van der Waals surface area contributed by atoms with E-state index in [2.05, 4.69) is 35.2 Å². The lowest BCUT2D eigenvalue weighted by Gasteiger charge is -2.07. The molecule has 0 amide bonds. The maximum absolute atomic E-state index is 4.42. The lowest BCUT2D eigenvalue weighted by Crippen LogP contribution is -2.01. The number of anilines is 1. The van der Waals surface area contributed by atoms with Gasteiger partial charge >= 0.3 is 0 Å². The van der Waals surface area contributed by atoms with Crippen molar-refractivity contribution in [3.05, 3.63) is 58.4 Å². The molecule has 0 aromatic carbocycles. The Morgan fingerprint density at radius 3 is 2.80 bits per heavy atom. The fourth-order valence-electron chi connectivity index (χ4n) is 2.09. The van der Waals surface area contributed by atoms with Crippen molar-refractivity contribution in [2.24, 2.45) is 0 Å². The highest BCUT2D eigenvalue weighted by atomic mass is 32.1. The van der Waals surface area contributed by atoms with Gasteiger partial charge in [-0.1, -0.05) is 0 Å². The van der Waals surface area contributed by atoms with Gasteiger partial charge in [0, 0.05) is 28.7 Å². The van der Waals surface area contributed by atoms with Crippen molar-refractivity contribution in [3.8, 4) is 5.82 Å². The quantitative estimate of drug-likeness (QED) is 0.796. The topological polar surface area (TPSA) is 42.7 Å². The van der Waals surface area contributed by atoms with E-state index in [-0.39, 0.29) is 0 Å². The summed E-state index contributed by atoms with van der Waals surface area (Å²) in [5.74, 6) is 0.871. The number of aromatic nitrogens is 3. The average Bonchev–Trinajstić information content (AvgIpc) is 3.07. The fourth-order valence-corrected chi connectivity index (χ4v) is 3.04. The second kappa shape index (κ2) is 5.46. The van der Waals surface area contributed by atoms with E-state index in [1.807, 2.05) is 40.4 Å². The molecule has 0 aliphatic heterocycles. The van der Waals surface area contributed by atoms with Crippen molar-refractivity contribution in [2.75, 3.05) is 5.32 Å². The van der Waals surface area contributed by atoms with E-state index in [1.54, 1.807) is 12.5 Å². The summed E-state index contributed by atoms with van der Waals surface area (Å²) in [6, 6.07) is 6.26. The smallest absolute Gasteiger partial charge is 0.137 e. The maximum atomic E-state index is 4.42. The summed E-state index contributed by atoms with van der Waals surface area (Å²) in [7, 11) is 0. The van der Waals surface area contributed by atoms with E-state index in [0.29, 0.717) is 0 Å². The van der Waals surface area contributed by atoms with E-state index >= 15 is 0 Å². The van der Waals surface area contributed by atoms with Gasteiger partial charge in [-0.25, -0.2) is 9.97 Å². The number of imidazole rings is 1. The molecule has 3 rings (SSSR count). The molecule has 0 aliphatic rings. The molecule has 102 valence electrons. The summed E-state index contributed by atoms with van der Waals surface area (Å²) in [5.41, 5.74) is 2.38. The van der Waals surface area contributed by atoms with Gasteiger partial charge in [0.05, 0.1) is 11.9 Å². The summed E-state index contributed by atoms with van der Waals surface area (Å²) < 4.78 is 1.89. The Kier molecular flexibility index (Phi) is 3.52. The standard InChI is InChI=1S/C15H16N4S/c1-11-7-13(12(2)20-11)8-17-14-3-4-15(18-9-14)19-6-5-16-10-19/h3-7,9-10,17H,8H2,1-2H3. The van der Waals surface area contributed by atoms with Crippen LogP contribution in [0.25, 0.3) is 5.82 Å². The highest BCUT2D eigenvalue weighted by Gasteiger charge is 2.03. The number of rotatable bonds is 4. The second-order valence-electron chi connectivity index (χ2n) is 4.67. The number of nitrogens with one attached hydrogen (secondary N) is 1. The van der Waals surface area contributed by atoms with Gasteiger partial charge in [-0.3, -0.25) is 4.57 Å². The third-order valence-corrected chi connectivity index (χ3v) is 4.15. The average molecular weight is 284 g/mol. The zero-order chi connectivity index (χ0) is 13.9. The monoisotopic (exact) mass is 284 g/mol. The Balaban J connectivity index is 1.68. The Bertz CT molecular complexity index is 683. The molecule has 4 nitrogen and oxygen atoms in total. The van der Waals surface area contributed by atoms with Crippen LogP contribution in [0.1, 0.15) is 15.3 Å². The van der Waals surface area contributed by atoms with Crippen LogP contribution in [0.2, 0.25) is 0 Å². The van der Waals surface area contributed by atoms with Crippen LogP contribution in [0.5, 0.6) is 0 Å². The molecule has 0 bridgehead atoms. The van der Waals surface area contributed by atoms with Gasteiger partial charge in [0.15, 0.2) is 0 Å². The molecular formula is C15H16N4S. The van der Waals surface area contributed by atoms with Crippen LogP contribution >= 0.6 is 11.3 Å². The fraction of sp³-hybridized carbons (Fsp3) is 0.200. The van der Waals surface area contributed by atoms with E-state index in [1.165, 1.54) is 15.3 Å². The van der Waals surface area contributed by atoms with Crippen molar-refractivity contribution in [2.45, 2.75) is 20.4 Å². The first-order valence-electron chi connectivity index (χ1n) is 6.46. The van der Waals surface area contributed by atoms with Crippen LogP contribution in [0, 0.1) is 13.8 Å². The minimum absolute atomic E-state index is 0.836. The van der Waals surface area contributed by atoms with E-state index in [0.717, 1.165) is 18.1 Å². The van der Waals surface area contributed by atoms with Crippen molar-refractivity contribution >= 4 is 17.0 Å². The molecule has 0 radical (unpaired) electrons. The second-order valence-corrected chi connectivity index (χ2v) is 6.13. The number of pyridine rings is 1. The van der Waals surface area contributed by atoms with Crippen molar-refractivity contribution in [1.29, 1.82) is 0 Å². The third-order valence-electron chi connectivity index (χ3n) is 3.14. The first-order valence-corrected chi connectivity index (χ1v) is 7.28. The zero-order valence-corrected chi connectivity index (χ0v) is 12.3. The summed E-state index contributed by atoms with van der Waals surface area (Å²) >= 11 is 1.84. The van der Waals surface area contributed by atoms with Gasteiger partial charge in [0.2, 0.25) is 0 Å². The van der Waals surface area contributed by atoms with Gasteiger partial charge in [0.1, 0.15) is 12.1 Å². The van der Waals surface area contributed by atoms with Gasteiger partial charge in [0.25, 0.3) is 0 Å². The van der Waals surface area contributed by atoms with E-state index in [9.17, 15) is 0 Å². The predicted molar refractivity (Wildman–Crippen MR) is 82.5 cm³/mol. The van der Waals surface area contributed by atoms with Gasteiger partial charge < -0.3 is 5.32 Å². The molecule has 0 unspecified atom stereocenters. The molecule has 1 N–H and O–H groups in total. The molecule has 20 heavy (non-hydrogen) atoms. The van der Waals surface area contributed by atoms with Crippen LogP contribution in [0.15, 0.2) is 43.1 Å². The van der Waals surface area contributed by atoms with E-state index < -0.39 is 0 Å². The molecule has 3 aromatic heterocycles. The predicted octanol–water partition coefficient (Wildman–Crippen LogP) is 3.56. The molecular weight excluding hydrogens is 268 g/mol. The largest absolute Gasteiger partial charge is 0.380 e. The molecule has 3 aromatic rings. The highest BCUT2D eigenvalue weighted by Crippen LogP contribution is 2.21. The first-order chi connectivity index (χ1) is 9.72. The zero-order valence-electron chi connectivity index (χ0n) is 11.5. The van der Waals surface area contributed by atoms with Gasteiger partial charge in [-0.15, -0.1) is 11.3 Å². The summed E-state index contributed by atoms with van der Waals surface area (Å²) in [4.78, 5) is 11.2. The number of nitrogens with zero attached hydrogens (tertiary/aromatic N) is 3. The van der Waals surface area contributed by atoms with Crippen molar-refractivity contribution < 1.29 is 0 Å². The summed E-state index contributed by atoms with van der Waals surface area (Å²) in [6.45, 7) is 5.14. The Hall–Kier alpha value is -2.14. The van der Waals surface area contributed by atoms with Crippen LogP contribution in [-0.4, -0.2) is 14.5 Å². The lowest BCUT2D eigenvalue weighted by molar-refractivity contribution is 0.990. The molecule has 5 heteroatoms. The molecule has 0 atom stereocenters. The van der Waals surface area contributed by atoms with Crippen molar-refractivity contribution in [3.63, 3.8) is 0 Å². The lowest BCUT2D eigenvalue weighted by atomic mass is 10.2. The Morgan fingerprint density at radius 2 is 2.20 bits per heavy atom. The molecule has 0 fully saturated rings. The molecule has 0 saturated carbocycles. The normalized spacial score (nSPS) is 10.7. The molecule has 0 aliphatic carbocycles. The third kappa shape index (κ3) is 2.72. The first kappa shape index (κ1) is 12.9. The van der Waals surface area contributed by atoms with Crippen LogP contribution in [0.3, 0.4) is 0 Å². The number of hydrogen-bond acceptors (Lipinski definition) is 4. The Labute approximate surface area is 122 Å². The molecule has 0 saturated heterocycles. The van der Waals surface area contributed by atoms with Crippen molar-refractivity contribution in [1.82, 2.24) is 14.5 Å². The van der Waals surface area contributed by atoms with Crippen LogP contribution in [-0.2, 0) is 6.54 Å². The Morgan fingerprint density at radius 1 is 1.30 bits per heavy atom. The number of thiophene rings is 1. The molecule has 0 spiro atoms.